The molecule has 1 aliphatic heterocycles. The van der Waals surface area contributed by atoms with Crippen LogP contribution in [-0.4, -0.2) is 18.9 Å². The van der Waals surface area contributed by atoms with Crippen molar-refractivity contribution < 1.29 is 4.74 Å². The molecule has 14 heavy (non-hydrogen) atoms. The lowest BCUT2D eigenvalue weighted by Gasteiger charge is -2.17. The zero-order chi connectivity index (χ0) is 9.97. The van der Waals surface area contributed by atoms with Crippen molar-refractivity contribution in [1.82, 2.24) is 0 Å². The minimum atomic E-state index is -0.214. The van der Waals surface area contributed by atoms with Gasteiger partial charge in [-0.25, -0.2) is 0 Å². The van der Waals surface area contributed by atoms with E-state index in [9.17, 15) is 0 Å². The zero-order valence-electron chi connectivity index (χ0n) is 7.74. The van der Waals surface area contributed by atoms with Crippen molar-refractivity contribution >= 4 is 17.3 Å². The summed E-state index contributed by atoms with van der Waals surface area (Å²) in [6.45, 7) is 0.722. The van der Waals surface area contributed by atoms with E-state index in [-0.39, 0.29) is 12.3 Å². The van der Waals surface area contributed by atoms with Gasteiger partial charge in [0.05, 0.1) is 12.6 Å². The van der Waals surface area contributed by atoms with Gasteiger partial charge in [0.15, 0.2) is 0 Å². The van der Waals surface area contributed by atoms with Gasteiger partial charge in [-0.05, 0) is 24.6 Å². The van der Waals surface area contributed by atoms with E-state index >= 15 is 0 Å². The van der Waals surface area contributed by atoms with Gasteiger partial charge in [0.25, 0.3) is 0 Å². The Bertz CT molecular complexity index is 319. The third-order valence-corrected chi connectivity index (χ3v) is 2.55. The van der Waals surface area contributed by atoms with E-state index in [0.717, 1.165) is 23.7 Å². The number of nitrogens with one attached hydrogen (secondary N) is 1. The van der Waals surface area contributed by atoms with E-state index in [2.05, 4.69) is 5.32 Å². The molecule has 3 N–H and O–H groups in total. The molecule has 1 saturated heterocycles. The summed E-state index contributed by atoms with van der Waals surface area (Å²) in [4.78, 5) is 0. The Morgan fingerprint density at radius 2 is 2.36 bits per heavy atom. The van der Waals surface area contributed by atoms with Crippen LogP contribution in [0.4, 0.5) is 5.69 Å². The molecular formula is C10H13ClN2O. The Morgan fingerprint density at radius 1 is 1.50 bits per heavy atom. The number of hydrogen-bond acceptors (Lipinski definition) is 3. The predicted molar refractivity (Wildman–Crippen MR) is 57.4 cm³/mol. The van der Waals surface area contributed by atoms with Crippen LogP contribution in [0.2, 0.25) is 5.02 Å². The lowest BCUT2D eigenvalue weighted by molar-refractivity contribution is 0.112. The van der Waals surface area contributed by atoms with Crippen LogP contribution in [-0.2, 0) is 4.74 Å². The first kappa shape index (κ1) is 9.77. The molecule has 0 radical (unpaired) electrons. The molecule has 2 unspecified atom stereocenters. The molecule has 0 saturated carbocycles. The summed E-state index contributed by atoms with van der Waals surface area (Å²) in [5.74, 6) is 0. The van der Waals surface area contributed by atoms with Gasteiger partial charge < -0.3 is 15.8 Å². The van der Waals surface area contributed by atoms with E-state index in [1.165, 1.54) is 0 Å². The lowest BCUT2D eigenvalue weighted by atomic mass is 10.2. The normalized spacial score (nSPS) is 26.4. The summed E-state index contributed by atoms with van der Waals surface area (Å²) >= 11 is 5.86. The third kappa shape index (κ3) is 2.18. The highest BCUT2D eigenvalue weighted by atomic mass is 35.5. The Balaban J connectivity index is 2.03. The molecule has 0 amide bonds. The van der Waals surface area contributed by atoms with Gasteiger partial charge in [0, 0.05) is 10.7 Å². The van der Waals surface area contributed by atoms with Gasteiger partial charge in [-0.1, -0.05) is 17.7 Å². The van der Waals surface area contributed by atoms with E-state index in [1.807, 2.05) is 24.3 Å². The second-order valence-electron chi connectivity index (χ2n) is 3.39. The molecule has 76 valence electrons. The standard InChI is InChI=1S/C10H13ClN2O/c11-7-2-1-3-8(6-7)13-9-4-5-14-10(9)12/h1-3,6,9-10,13H,4-5,12H2. The van der Waals surface area contributed by atoms with Crippen molar-refractivity contribution in [1.29, 1.82) is 0 Å². The van der Waals surface area contributed by atoms with Crippen LogP contribution in [0.25, 0.3) is 0 Å². The van der Waals surface area contributed by atoms with Crippen LogP contribution in [0, 0.1) is 0 Å². The topological polar surface area (TPSA) is 47.3 Å². The molecule has 0 spiro atoms. The SMILES string of the molecule is NC1OCCC1Nc1cccc(Cl)c1. The number of nitrogens with two attached hydrogens (primary N) is 1. The van der Waals surface area contributed by atoms with Gasteiger partial charge in [-0.15, -0.1) is 0 Å². The first-order chi connectivity index (χ1) is 6.75. The average Bonchev–Trinajstić information content (AvgIpc) is 2.52. The molecule has 2 atom stereocenters. The average molecular weight is 213 g/mol. The molecule has 0 aromatic heterocycles. The number of rotatable bonds is 2. The summed E-state index contributed by atoms with van der Waals surface area (Å²) in [6, 6.07) is 7.79. The van der Waals surface area contributed by atoms with Gasteiger partial charge in [-0.3, -0.25) is 0 Å². The molecular weight excluding hydrogens is 200 g/mol. The maximum absolute atomic E-state index is 5.86. The van der Waals surface area contributed by atoms with Crippen molar-refractivity contribution in [2.75, 3.05) is 11.9 Å². The molecule has 4 heteroatoms. The van der Waals surface area contributed by atoms with Gasteiger partial charge in [0.2, 0.25) is 0 Å². The number of benzene rings is 1. The fraction of sp³-hybridized carbons (Fsp3) is 0.400. The van der Waals surface area contributed by atoms with E-state index in [4.69, 9.17) is 22.1 Å². The molecule has 1 fully saturated rings. The summed E-state index contributed by atoms with van der Waals surface area (Å²) in [5.41, 5.74) is 6.74. The highest BCUT2D eigenvalue weighted by Gasteiger charge is 2.24. The molecule has 1 heterocycles. The van der Waals surface area contributed by atoms with E-state index < -0.39 is 0 Å². The van der Waals surface area contributed by atoms with E-state index in [0.29, 0.717) is 0 Å². The van der Waals surface area contributed by atoms with Gasteiger partial charge in [0.1, 0.15) is 6.23 Å². The number of anilines is 1. The zero-order valence-corrected chi connectivity index (χ0v) is 8.50. The Hall–Kier alpha value is -0.770. The fourth-order valence-electron chi connectivity index (χ4n) is 1.56. The largest absolute Gasteiger partial charge is 0.378 e. The summed E-state index contributed by atoms with van der Waals surface area (Å²) in [5, 5.41) is 4.02. The second kappa shape index (κ2) is 4.17. The first-order valence-electron chi connectivity index (χ1n) is 4.65. The summed E-state index contributed by atoms with van der Waals surface area (Å²) in [7, 11) is 0. The summed E-state index contributed by atoms with van der Waals surface area (Å²) < 4.78 is 5.25. The number of hydrogen-bond donors (Lipinski definition) is 2. The molecule has 1 aromatic carbocycles. The van der Waals surface area contributed by atoms with Crippen molar-refractivity contribution in [2.24, 2.45) is 5.73 Å². The van der Waals surface area contributed by atoms with Gasteiger partial charge >= 0.3 is 0 Å². The molecule has 0 bridgehead atoms. The second-order valence-corrected chi connectivity index (χ2v) is 3.82. The van der Waals surface area contributed by atoms with Crippen molar-refractivity contribution in [2.45, 2.75) is 18.7 Å². The molecule has 1 aromatic rings. The predicted octanol–water partition coefficient (Wildman–Crippen LogP) is 1.83. The van der Waals surface area contributed by atoms with Crippen molar-refractivity contribution in [3.05, 3.63) is 29.3 Å². The maximum atomic E-state index is 5.86. The van der Waals surface area contributed by atoms with Crippen LogP contribution < -0.4 is 11.1 Å². The maximum Gasteiger partial charge on any atom is 0.126 e. The Labute approximate surface area is 88.2 Å². The van der Waals surface area contributed by atoms with Crippen molar-refractivity contribution in [3.63, 3.8) is 0 Å². The molecule has 1 aliphatic rings. The van der Waals surface area contributed by atoms with Crippen molar-refractivity contribution in [3.8, 4) is 0 Å². The minimum absolute atomic E-state index is 0.188. The number of ether oxygens (including phenoxy) is 1. The summed E-state index contributed by atoms with van der Waals surface area (Å²) in [6.07, 6.45) is 0.724. The first-order valence-corrected chi connectivity index (χ1v) is 5.03. The minimum Gasteiger partial charge on any atom is -0.378 e. The molecule has 0 aliphatic carbocycles. The Morgan fingerprint density at radius 3 is 3.00 bits per heavy atom. The van der Waals surface area contributed by atoms with Crippen LogP contribution in [0.15, 0.2) is 24.3 Å². The third-order valence-electron chi connectivity index (χ3n) is 2.31. The van der Waals surface area contributed by atoms with Crippen LogP contribution in [0.1, 0.15) is 6.42 Å². The fourth-order valence-corrected chi connectivity index (χ4v) is 1.75. The van der Waals surface area contributed by atoms with Gasteiger partial charge in [-0.2, -0.15) is 0 Å². The van der Waals surface area contributed by atoms with Crippen LogP contribution >= 0.6 is 11.6 Å². The monoisotopic (exact) mass is 212 g/mol. The van der Waals surface area contributed by atoms with Crippen LogP contribution in [0.3, 0.4) is 0 Å². The molecule has 2 rings (SSSR count). The van der Waals surface area contributed by atoms with E-state index in [1.54, 1.807) is 0 Å². The quantitative estimate of drug-likeness (QED) is 0.787. The molecule has 3 nitrogen and oxygen atoms in total. The number of halogens is 1. The Kier molecular flexibility index (Phi) is 2.91. The highest BCUT2D eigenvalue weighted by Crippen LogP contribution is 2.19. The smallest absolute Gasteiger partial charge is 0.126 e. The highest BCUT2D eigenvalue weighted by molar-refractivity contribution is 6.30. The lowest BCUT2D eigenvalue weighted by Crippen LogP contribution is -2.36. The van der Waals surface area contributed by atoms with Crippen LogP contribution in [0.5, 0.6) is 0 Å².